The Labute approximate surface area is 64.8 Å². The number of hydrogen-bond acceptors (Lipinski definition) is 2. The minimum absolute atomic E-state index is 0.162. The Kier molecular flexibility index (Phi) is 2.62. The quantitative estimate of drug-likeness (QED) is 0.614. The SMILES string of the molecule is COB(O)c1ccccc1F. The summed E-state index contributed by atoms with van der Waals surface area (Å²) in [5.41, 5.74) is 0.162. The van der Waals surface area contributed by atoms with E-state index in [1.165, 1.54) is 19.2 Å². The summed E-state index contributed by atoms with van der Waals surface area (Å²) in [4.78, 5) is 0. The lowest BCUT2D eigenvalue weighted by molar-refractivity contribution is 0.340. The molecule has 1 rings (SSSR count). The molecule has 58 valence electrons. The molecular formula is C7H8BFO2. The highest BCUT2D eigenvalue weighted by molar-refractivity contribution is 6.59. The summed E-state index contributed by atoms with van der Waals surface area (Å²) >= 11 is 0. The summed E-state index contributed by atoms with van der Waals surface area (Å²) in [5.74, 6) is -0.457. The van der Waals surface area contributed by atoms with Crippen molar-refractivity contribution in [1.29, 1.82) is 0 Å². The third kappa shape index (κ3) is 1.79. The Morgan fingerprint density at radius 3 is 2.64 bits per heavy atom. The number of halogens is 1. The zero-order valence-electron chi connectivity index (χ0n) is 6.12. The Bertz CT molecular complexity index is 242. The lowest BCUT2D eigenvalue weighted by Gasteiger charge is -2.03. The van der Waals surface area contributed by atoms with Crippen LogP contribution in [-0.4, -0.2) is 19.3 Å². The maximum atomic E-state index is 12.8. The second-order valence-electron chi connectivity index (χ2n) is 2.11. The maximum absolute atomic E-state index is 12.8. The van der Waals surface area contributed by atoms with Crippen LogP contribution < -0.4 is 5.46 Å². The monoisotopic (exact) mass is 154 g/mol. The zero-order chi connectivity index (χ0) is 8.27. The second-order valence-corrected chi connectivity index (χ2v) is 2.11. The van der Waals surface area contributed by atoms with Crippen molar-refractivity contribution in [2.45, 2.75) is 0 Å². The van der Waals surface area contributed by atoms with Gasteiger partial charge in [-0.3, -0.25) is 0 Å². The summed E-state index contributed by atoms with van der Waals surface area (Å²) in [6.07, 6.45) is 0. The molecule has 11 heavy (non-hydrogen) atoms. The molecule has 0 saturated carbocycles. The molecular weight excluding hydrogens is 146 g/mol. The average Bonchev–Trinajstić information content (AvgIpc) is 2.04. The summed E-state index contributed by atoms with van der Waals surface area (Å²) in [6.45, 7) is 0. The van der Waals surface area contributed by atoms with Gasteiger partial charge in [0.2, 0.25) is 0 Å². The molecule has 0 aromatic heterocycles. The highest BCUT2D eigenvalue weighted by atomic mass is 19.1. The van der Waals surface area contributed by atoms with Gasteiger partial charge in [-0.1, -0.05) is 18.2 Å². The number of rotatable bonds is 2. The molecule has 0 aliphatic heterocycles. The average molecular weight is 154 g/mol. The molecule has 4 heteroatoms. The van der Waals surface area contributed by atoms with E-state index in [0.717, 1.165) is 0 Å². The summed E-state index contributed by atoms with van der Waals surface area (Å²) in [6, 6.07) is 5.95. The first-order chi connectivity index (χ1) is 5.25. The van der Waals surface area contributed by atoms with Gasteiger partial charge in [0.25, 0.3) is 0 Å². The van der Waals surface area contributed by atoms with E-state index in [0.29, 0.717) is 0 Å². The highest BCUT2D eigenvalue weighted by Gasteiger charge is 2.17. The van der Waals surface area contributed by atoms with Gasteiger partial charge in [-0.15, -0.1) is 0 Å². The van der Waals surface area contributed by atoms with Crippen molar-refractivity contribution in [3.8, 4) is 0 Å². The second kappa shape index (κ2) is 3.50. The topological polar surface area (TPSA) is 29.5 Å². The molecule has 2 nitrogen and oxygen atoms in total. The fourth-order valence-electron chi connectivity index (χ4n) is 0.802. The molecule has 0 atom stereocenters. The van der Waals surface area contributed by atoms with E-state index in [4.69, 9.17) is 5.02 Å². The van der Waals surface area contributed by atoms with E-state index in [1.807, 2.05) is 0 Å². The normalized spacial score (nSPS) is 9.73. The van der Waals surface area contributed by atoms with E-state index in [2.05, 4.69) is 4.65 Å². The molecule has 0 heterocycles. The summed E-state index contributed by atoms with van der Waals surface area (Å²) < 4.78 is 17.3. The van der Waals surface area contributed by atoms with Crippen LogP contribution in [0, 0.1) is 5.82 Å². The smallest absolute Gasteiger partial charge is 0.423 e. The molecule has 1 aromatic carbocycles. The largest absolute Gasteiger partial charge is 0.493 e. The van der Waals surface area contributed by atoms with Gasteiger partial charge in [0.05, 0.1) is 0 Å². The van der Waals surface area contributed by atoms with Crippen molar-refractivity contribution < 1.29 is 14.1 Å². The Hall–Kier alpha value is -0.865. The molecule has 0 bridgehead atoms. The molecule has 0 spiro atoms. The Morgan fingerprint density at radius 2 is 2.09 bits per heavy atom. The minimum Gasteiger partial charge on any atom is -0.423 e. The van der Waals surface area contributed by atoms with Gasteiger partial charge in [-0.25, -0.2) is 4.39 Å². The summed E-state index contributed by atoms with van der Waals surface area (Å²) in [7, 11) is 0.146. The third-order valence-electron chi connectivity index (χ3n) is 1.39. The molecule has 0 radical (unpaired) electrons. The van der Waals surface area contributed by atoms with Crippen LogP contribution in [0.25, 0.3) is 0 Å². The Balaban J connectivity index is 2.93. The fourth-order valence-corrected chi connectivity index (χ4v) is 0.802. The molecule has 0 fully saturated rings. The zero-order valence-corrected chi connectivity index (χ0v) is 6.12. The van der Waals surface area contributed by atoms with Crippen LogP contribution in [0.4, 0.5) is 4.39 Å². The van der Waals surface area contributed by atoms with Gasteiger partial charge in [-0.2, -0.15) is 0 Å². The van der Waals surface area contributed by atoms with Crippen molar-refractivity contribution >= 4 is 12.6 Å². The van der Waals surface area contributed by atoms with Crippen LogP contribution in [0.15, 0.2) is 24.3 Å². The summed E-state index contributed by atoms with van der Waals surface area (Å²) in [5, 5.41) is 9.05. The first kappa shape index (κ1) is 8.23. The maximum Gasteiger partial charge on any atom is 0.493 e. The fraction of sp³-hybridized carbons (Fsp3) is 0.143. The van der Waals surface area contributed by atoms with Crippen molar-refractivity contribution in [2.75, 3.05) is 7.11 Å². The molecule has 0 unspecified atom stereocenters. The van der Waals surface area contributed by atoms with Crippen molar-refractivity contribution in [2.24, 2.45) is 0 Å². The van der Waals surface area contributed by atoms with Gasteiger partial charge in [0.15, 0.2) is 0 Å². The lowest BCUT2D eigenvalue weighted by atomic mass is 9.79. The lowest BCUT2D eigenvalue weighted by Crippen LogP contribution is -2.34. The van der Waals surface area contributed by atoms with Crippen LogP contribution in [-0.2, 0) is 4.65 Å². The van der Waals surface area contributed by atoms with Crippen LogP contribution in [0.3, 0.4) is 0 Å². The molecule has 1 N–H and O–H groups in total. The molecule has 0 saturated heterocycles. The van der Waals surface area contributed by atoms with Crippen molar-refractivity contribution in [1.82, 2.24) is 0 Å². The third-order valence-corrected chi connectivity index (χ3v) is 1.39. The van der Waals surface area contributed by atoms with Gasteiger partial charge in [0.1, 0.15) is 5.82 Å². The van der Waals surface area contributed by atoms with Crippen LogP contribution in [0.2, 0.25) is 0 Å². The Morgan fingerprint density at radius 1 is 1.45 bits per heavy atom. The van der Waals surface area contributed by atoms with E-state index < -0.39 is 12.9 Å². The van der Waals surface area contributed by atoms with E-state index in [9.17, 15) is 4.39 Å². The van der Waals surface area contributed by atoms with E-state index in [1.54, 1.807) is 12.1 Å². The standard InChI is InChI=1S/C7H8BFO2/c1-11-8(10)6-4-2-3-5-7(6)9/h2-5,10H,1H3. The van der Waals surface area contributed by atoms with Gasteiger partial charge in [0, 0.05) is 12.6 Å². The molecule has 1 aromatic rings. The number of hydrogen-bond donors (Lipinski definition) is 1. The van der Waals surface area contributed by atoms with Gasteiger partial charge >= 0.3 is 7.12 Å². The van der Waals surface area contributed by atoms with Crippen LogP contribution in [0.1, 0.15) is 0 Å². The number of benzene rings is 1. The predicted octanol–water partition coefficient (Wildman–Crippen LogP) is 0.160. The van der Waals surface area contributed by atoms with Gasteiger partial charge in [-0.05, 0) is 6.07 Å². The molecule has 0 amide bonds. The minimum atomic E-state index is -1.17. The van der Waals surface area contributed by atoms with Gasteiger partial charge < -0.3 is 9.68 Å². The highest BCUT2D eigenvalue weighted by Crippen LogP contribution is 1.94. The van der Waals surface area contributed by atoms with Crippen LogP contribution >= 0.6 is 0 Å². The van der Waals surface area contributed by atoms with E-state index in [-0.39, 0.29) is 5.46 Å². The predicted molar refractivity (Wildman–Crippen MR) is 41.0 cm³/mol. The molecule has 0 aliphatic carbocycles. The van der Waals surface area contributed by atoms with Crippen LogP contribution in [0.5, 0.6) is 0 Å². The first-order valence-electron chi connectivity index (χ1n) is 3.21. The van der Waals surface area contributed by atoms with E-state index >= 15 is 0 Å². The van der Waals surface area contributed by atoms with Crippen molar-refractivity contribution in [3.63, 3.8) is 0 Å². The molecule has 0 aliphatic rings. The first-order valence-corrected chi connectivity index (χ1v) is 3.21. The van der Waals surface area contributed by atoms with Crippen molar-refractivity contribution in [3.05, 3.63) is 30.1 Å².